The summed E-state index contributed by atoms with van der Waals surface area (Å²) in [5.41, 5.74) is 2.74. The van der Waals surface area contributed by atoms with Gasteiger partial charge in [-0.25, -0.2) is 0 Å². The molecular weight excluding hydrogens is 236 g/mol. The Morgan fingerprint density at radius 1 is 1.32 bits per heavy atom. The minimum Gasteiger partial charge on any atom is -0.493 e. The zero-order chi connectivity index (χ0) is 13.1. The maximum atomic E-state index is 5.54. The first-order valence-corrected chi connectivity index (χ1v) is 7.51. The summed E-state index contributed by atoms with van der Waals surface area (Å²) in [4.78, 5) is 2.56. The van der Waals surface area contributed by atoms with Gasteiger partial charge in [-0.1, -0.05) is 12.1 Å². The summed E-state index contributed by atoms with van der Waals surface area (Å²) in [5.74, 6) is 1.08. The van der Waals surface area contributed by atoms with E-state index in [-0.39, 0.29) is 0 Å². The van der Waals surface area contributed by atoms with Gasteiger partial charge in [-0.15, -0.1) is 0 Å². The molecule has 3 nitrogen and oxygen atoms in total. The summed E-state index contributed by atoms with van der Waals surface area (Å²) in [5, 5.41) is 3.63. The second-order valence-electron chi connectivity index (χ2n) is 5.83. The lowest BCUT2D eigenvalue weighted by molar-refractivity contribution is 0.298. The van der Waals surface area contributed by atoms with Crippen LogP contribution in [-0.2, 0) is 13.0 Å². The first kappa shape index (κ1) is 12.9. The van der Waals surface area contributed by atoms with Crippen molar-refractivity contribution in [3.05, 3.63) is 29.3 Å². The van der Waals surface area contributed by atoms with Crippen LogP contribution in [-0.4, -0.2) is 37.2 Å². The lowest BCUT2D eigenvalue weighted by atomic mass is 10.1. The fourth-order valence-corrected chi connectivity index (χ4v) is 3.06. The molecule has 0 aromatic heterocycles. The number of hydrogen-bond acceptors (Lipinski definition) is 3. The predicted molar refractivity (Wildman–Crippen MR) is 77.6 cm³/mol. The van der Waals surface area contributed by atoms with Gasteiger partial charge in [-0.2, -0.15) is 0 Å². The Balaban J connectivity index is 1.48. The van der Waals surface area contributed by atoms with Crippen molar-refractivity contribution in [1.29, 1.82) is 0 Å². The third-order valence-electron chi connectivity index (χ3n) is 4.14. The number of hydrogen-bond donors (Lipinski definition) is 1. The van der Waals surface area contributed by atoms with Crippen LogP contribution in [0.3, 0.4) is 0 Å². The summed E-state index contributed by atoms with van der Waals surface area (Å²) in [7, 11) is 0. The molecule has 0 saturated carbocycles. The molecule has 3 heteroatoms. The summed E-state index contributed by atoms with van der Waals surface area (Å²) in [6.07, 6.45) is 3.81. The Bertz CT molecular complexity index is 427. The summed E-state index contributed by atoms with van der Waals surface area (Å²) < 4.78 is 5.54. The van der Waals surface area contributed by atoms with Crippen LogP contribution < -0.4 is 10.1 Å². The average Bonchev–Trinajstić information content (AvgIpc) is 3.06. The maximum absolute atomic E-state index is 5.54. The predicted octanol–water partition coefficient (Wildman–Crippen LogP) is 2.20. The molecule has 0 amide bonds. The Morgan fingerprint density at radius 2 is 2.16 bits per heavy atom. The SMILES string of the molecule is CC(CN1CCCC1)NCc1ccc2c(c1)CCO2. The zero-order valence-electron chi connectivity index (χ0n) is 11.8. The van der Waals surface area contributed by atoms with E-state index in [9.17, 15) is 0 Å². The molecule has 19 heavy (non-hydrogen) atoms. The van der Waals surface area contributed by atoms with Crippen LogP contribution in [0.15, 0.2) is 18.2 Å². The normalized spacial score (nSPS) is 20.3. The summed E-state index contributed by atoms with van der Waals surface area (Å²) in [6.45, 7) is 7.83. The zero-order valence-corrected chi connectivity index (χ0v) is 11.8. The van der Waals surface area contributed by atoms with E-state index in [4.69, 9.17) is 4.74 Å². The van der Waals surface area contributed by atoms with Crippen molar-refractivity contribution >= 4 is 0 Å². The molecule has 1 unspecified atom stereocenters. The van der Waals surface area contributed by atoms with Gasteiger partial charge in [-0.05, 0) is 50.0 Å². The Morgan fingerprint density at radius 3 is 3.00 bits per heavy atom. The molecule has 1 N–H and O–H groups in total. The molecule has 1 aromatic carbocycles. The molecule has 0 aliphatic carbocycles. The number of ether oxygens (including phenoxy) is 1. The van der Waals surface area contributed by atoms with E-state index >= 15 is 0 Å². The molecule has 1 atom stereocenters. The van der Waals surface area contributed by atoms with Crippen LogP contribution in [0.25, 0.3) is 0 Å². The number of rotatable bonds is 5. The van der Waals surface area contributed by atoms with Gasteiger partial charge in [0.2, 0.25) is 0 Å². The Kier molecular flexibility index (Phi) is 4.04. The second kappa shape index (κ2) is 5.93. The third-order valence-corrected chi connectivity index (χ3v) is 4.14. The number of likely N-dealkylation sites (tertiary alicyclic amines) is 1. The molecule has 1 aromatic rings. The second-order valence-corrected chi connectivity index (χ2v) is 5.83. The van der Waals surface area contributed by atoms with Gasteiger partial charge in [-0.3, -0.25) is 0 Å². The lowest BCUT2D eigenvalue weighted by Gasteiger charge is -2.21. The van der Waals surface area contributed by atoms with Crippen molar-refractivity contribution < 1.29 is 4.74 Å². The number of fused-ring (bicyclic) bond motifs is 1. The van der Waals surface area contributed by atoms with E-state index in [0.717, 1.165) is 25.3 Å². The molecule has 1 saturated heterocycles. The minimum atomic E-state index is 0.558. The molecule has 0 spiro atoms. The molecule has 0 bridgehead atoms. The first-order chi connectivity index (χ1) is 9.31. The van der Waals surface area contributed by atoms with Crippen molar-refractivity contribution in [3.8, 4) is 5.75 Å². The van der Waals surface area contributed by atoms with Crippen molar-refractivity contribution in [1.82, 2.24) is 10.2 Å². The van der Waals surface area contributed by atoms with Crippen LogP contribution in [0.5, 0.6) is 5.75 Å². The Hall–Kier alpha value is -1.06. The monoisotopic (exact) mass is 260 g/mol. The average molecular weight is 260 g/mol. The third kappa shape index (κ3) is 3.28. The van der Waals surface area contributed by atoms with E-state index < -0.39 is 0 Å². The van der Waals surface area contributed by atoms with Crippen LogP contribution >= 0.6 is 0 Å². The van der Waals surface area contributed by atoms with E-state index in [1.54, 1.807) is 0 Å². The fourth-order valence-electron chi connectivity index (χ4n) is 3.06. The smallest absolute Gasteiger partial charge is 0.122 e. The fraction of sp³-hybridized carbons (Fsp3) is 0.625. The first-order valence-electron chi connectivity index (χ1n) is 7.51. The number of benzene rings is 1. The molecule has 1 fully saturated rings. The number of nitrogens with one attached hydrogen (secondary N) is 1. The van der Waals surface area contributed by atoms with Gasteiger partial charge < -0.3 is 15.0 Å². The summed E-state index contributed by atoms with van der Waals surface area (Å²) >= 11 is 0. The van der Waals surface area contributed by atoms with E-state index in [2.05, 4.69) is 35.3 Å². The van der Waals surface area contributed by atoms with Crippen LogP contribution in [0.4, 0.5) is 0 Å². The highest BCUT2D eigenvalue weighted by atomic mass is 16.5. The van der Waals surface area contributed by atoms with E-state index in [0.29, 0.717) is 6.04 Å². The van der Waals surface area contributed by atoms with Gasteiger partial charge in [0.05, 0.1) is 6.61 Å². The molecule has 3 rings (SSSR count). The van der Waals surface area contributed by atoms with Crippen molar-refractivity contribution in [2.24, 2.45) is 0 Å². The van der Waals surface area contributed by atoms with Crippen molar-refractivity contribution in [2.75, 3.05) is 26.2 Å². The molecule has 2 aliphatic rings. The molecular formula is C16H24N2O. The summed E-state index contributed by atoms with van der Waals surface area (Å²) in [6, 6.07) is 7.14. The highest BCUT2D eigenvalue weighted by Crippen LogP contribution is 2.25. The topological polar surface area (TPSA) is 24.5 Å². The minimum absolute atomic E-state index is 0.558. The van der Waals surface area contributed by atoms with Gasteiger partial charge in [0.15, 0.2) is 0 Å². The standard InChI is InChI=1S/C16H24N2O/c1-13(12-18-7-2-3-8-18)17-11-14-4-5-16-15(10-14)6-9-19-16/h4-5,10,13,17H,2-3,6-9,11-12H2,1H3. The van der Waals surface area contributed by atoms with Crippen molar-refractivity contribution in [2.45, 2.75) is 38.8 Å². The molecule has 2 aliphatic heterocycles. The highest BCUT2D eigenvalue weighted by Gasteiger charge is 2.15. The van der Waals surface area contributed by atoms with Crippen molar-refractivity contribution in [3.63, 3.8) is 0 Å². The van der Waals surface area contributed by atoms with E-state index in [1.807, 2.05) is 0 Å². The Labute approximate surface area is 115 Å². The molecule has 2 heterocycles. The number of nitrogens with zero attached hydrogens (tertiary/aromatic N) is 1. The van der Waals surface area contributed by atoms with Gasteiger partial charge in [0.25, 0.3) is 0 Å². The van der Waals surface area contributed by atoms with Crippen LogP contribution in [0.2, 0.25) is 0 Å². The van der Waals surface area contributed by atoms with Crippen LogP contribution in [0, 0.1) is 0 Å². The quantitative estimate of drug-likeness (QED) is 0.878. The van der Waals surface area contributed by atoms with Crippen LogP contribution in [0.1, 0.15) is 30.9 Å². The maximum Gasteiger partial charge on any atom is 0.122 e. The van der Waals surface area contributed by atoms with Gasteiger partial charge in [0, 0.05) is 25.6 Å². The molecule has 0 radical (unpaired) electrons. The van der Waals surface area contributed by atoms with Gasteiger partial charge >= 0.3 is 0 Å². The highest BCUT2D eigenvalue weighted by molar-refractivity contribution is 5.39. The van der Waals surface area contributed by atoms with Gasteiger partial charge in [0.1, 0.15) is 5.75 Å². The van der Waals surface area contributed by atoms with E-state index in [1.165, 1.54) is 43.6 Å². The largest absolute Gasteiger partial charge is 0.493 e. The molecule has 104 valence electrons. The lowest BCUT2D eigenvalue weighted by Crippen LogP contribution is -2.37.